The van der Waals surface area contributed by atoms with E-state index in [-0.39, 0.29) is 5.91 Å². The van der Waals surface area contributed by atoms with E-state index in [0.29, 0.717) is 32.9 Å². The molecule has 3 N–H and O–H groups in total. The summed E-state index contributed by atoms with van der Waals surface area (Å²) < 4.78 is 10.5. The van der Waals surface area contributed by atoms with Crippen LogP contribution in [0.25, 0.3) is 0 Å². The van der Waals surface area contributed by atoms with Crippen molar-refractivity contribution in [1.82, 2.24) is 5.32 Å². The summed E-state index contributed by atoms with van der Waals surface area (Å²) in [5, 5.41) is 2.95. The Morgan fingerprint density at radius 3 is 2.76 bits per heavy atom. The van der Waals surface area contributed by atoms with Crippen molar-refractivity contribution in [3.63, 3.8) is 0 Å². The standard InChI is InChI=1S/C12H24N2O3/c1-2-16-7-3-6-14-11(15)12(10-13)4-8-17-9-5-12/h2-10,13H2,1H3,(H,14,15). The lowest BCUT2D eigenvalue weighted by atomic mass is 9.79. The van der Waals surface area contributed by atoms with E-state index in [9.17, 15) is 4.79 Å². The van der Waals surface area contributed by atoms with Crippen LogP contribution < -0.4 is 11.1 Å². The molecular weight excluding hydrogens is 220 g/mol. The Kier molecular flexibility index (Phi) is 6.47. The van der Waals surface area contributed by atoms with Crippen LogP contribution >= 0.6 is 0 Å². The second-order valence-corrected chi connectivity index (χ2v) is 4.40. The summed E-state index contributed by atoms with van der Waals surface area (Å²) in [5.74, 6) is 0.0693. The molecule has 1 saturated heterocycles. The van der Waals surface area contributed by atoms with Gasteiger partial charge in [0.25, 0.3) is 0 Å². The van der Waals surface area contributed by atoms with Crippen LogP contribution in [0.15, 0.2) is 0 Å². The van der Waals surface area contributed by atoms with Crippen LogP contribution in [0.4, 0.5) is 0 Å². The third kappa shape index (κ3) is 4.26. The van der Waals surface area contributed by atoms with Crippen molar-refractivity contribution in [3.8, 4) is 0 Å². The van der Waals surface area contributed by atoms with Gasteiger partial charge in [-0.15, -0.1) is 0 Å². The van der Waals surface area contributed by atoms with Gasteiger partial charge in [0.2, 0.25) is 5.91 Å². The summed E-state index contributed by atoms with van der Waals surface area (Å²) in [6, 6.07) is 0. The van der Waals surface area contributed by atoms with Crippen LogP contribution in [0, 0.1) is 5.41 Å². The molecule has 5 heteroatoms. The van der Waals surface area contributed by atoms with E-state index in [1.54, 1.807) is 0 Å². The highest BCUT2D eigenvalue weighted by atomic mass is 16.5. The van der Waals surface area contributed by atoms with Gasteiger partial charge >= 0.3 is 0 Å². The lowest BCUT2D eigenvalue weighted by molar-refractivity contribution is -0.135. The maximum atomic E-state index is 12.1. The number of nitrogens with one attached hydrogen (secondary N) is 1. The Hall–Kier alpha value is -0.650. The molecule has 17 heavy (non-hydrogen) atoms. The molecule has 1 heterocycles. The Morgan fingerprint density at radius 1 is 1.47 bits per heavy atom. The van der Waals surface area contributed by atoms with Gasteiger partial charge < -0.3 is 20.5 Å². The first kappa shape index (κ1) is 14.4. The van der Waals surface area contributed by atoms with E-state index in [4.69, 9.17) is 15.2 Å². The quantitative estimate of drug-likeness (QED) is 0.631. The second kappa shape index (κ2) is 7.63. The van der Waals surface area contributed by atoms with Crippen LogP contribution in [0.5, 0.6) is 0 Å². The molecule has 0 aromatic carbocycles. The lowest BCUT2D eigenvalue weighted by Gasteiger charge is -2.34. The first-order valence-corrected chi connectivity index (χ1v) is 6.39. The molecule has 0 aromatic rings. The molecule has 1 aliphatic rings. The first-order valence-electron chi connectivity index (χ1n) is 6.39. The summed E-state index contributed by atoms with van der Waals surface area (Å²) in [6.07, 6.45) is 2.29. The fraction of sp³-hybridized carbons (Fsp3) is 0.917. The van der Waals surface area contributed by atoms with Gasteiger partial charge in [0.15, 0.2) is 0 Å². The van der Waals surface area contributed by atoms with Gasteiger partial charge in [0.05, 0.1) is 5.41 Å². The Bertz CT molecular complexity index is 228. The molecule has 0 aliphatic carbocycles. The van der Waals surface area contributed by atoms with E-state index in [2.05, 4.69) is 5.32 Å². The highest BCUT2D eigenvalue weighted by Gasteiger charge is 2.38. The molecule has 1 aliphatic heterocycles. The summed E-state index contributed by atoms with van der Waals surface area (Å²) >= 11 is 0. The van der Waals surface area contributed by atoms with Crippen molar-refractivity contribution >= 4 is 5.91 Å². The van der Waals surface area contributed by atoms with Crippen molar-refractivity contribution in [2.45, 2.75) is 26.2 Å². The summed E-state index contributed by atoms with van der Waals surface area (Å²) in [6.45, 7) is 5.68. The molecule has 0 aromatic heterocycles. The molecule has 1 fully saturated rings. The van der Waals surface area contributed by atoms with E-state index >= 15 is 0 Å². The Morgan fingerprint density at radius 2 is 2.18 bits per heavy atom. The third-order valence-electron chi connectivity index (χ3n) is 3.28. The van der Waals surface area contributed by atoms with Gasteiger partial charge in [0.1, 0.15) is 0 Å². The fourth-order valence-corrected chi connectivity index (χ4v) is 1.99. The zero-order valence-corrected chi connectivity index (χ0v) is 10.7. The van der Waals surface area contributed by atoms with E-state index in [1.807, 2.05) is 6.92 Å². The number of nitrogens with two attached hydrogens (primary N) is 1. The Labute approximate surface area is 103 Å². The van der Waals surface area contributed by atoms with Gasteiger partial charge in [0, 0.05) is 39.5 Å². The maximum absolute atomic E-state index is 12.1. The number of ether oxygens (including phenoxy) is 2. The number of carbonyl (C=O) groups is 1. The number of hydrogen-bond donors (Lipinski definition) is 2. The van der Waals surface area contributed by atoms with E-state index < -0.39 is 5.41 Å². The van der Waals surface area contributed by atoms with Crippen molar-refractivity contribution in [1.29, 1.82) is 0 Å². The number of rotatable bonds is 7. The molecule has 0 atom stereocenters. The van der Waals surface area contributed by atoms with E-state index in [1.165, 1.54) is 0 Å². The molecule has 1 amide bonds. The molecule has 0 unspecified atom stereocenters. The molecule has 0 saturated carbocycles. The first-order chi connectivity index (χ1) is 8.25. The molecule has 1 rings (SSSR count). The van der Waals surface area contributed by atoms with Crippen molar-refractivity contribution in [2.75, 3.05) is 39.5 Å². The topological polar surface area (TPSA) is 73.6 Å². The predicted molar refractivity (Wildman–Crippen MR) is 65.7 cm³/mol. The van der Waals surface area contributed by atoms with Crippen LogP contribution in [0.1, 0.15) is 26.2 Å². The maximum Gasteiger partial charge on any atom is 0.227 e. The third-order valence-corrected chi connectivity index (χ3v) is 3.28. The molecule has 5 nitrogen and oxygen atoms in total. The largest absolute Gasteiger partial charge is 0.382 e. The van der Waals surface area contributed by atoms with Gasteiger partial charge in [-0.05, 0) is 26.2 Å². The SMILES string of the molecule is CCOCCCNC(=O)C1(CN)CCOCC1. The fourth-order valence-electron chi connectivity index (χ4n) is 1.99. The molecular formula is C12H24N2O3. The molecule has 100 valence electrons. The minimum absolute atomic E-state index is 0.0693. The van der Waals surface area contributed by atoms with Crippen LogP contribution in [0.3, 0.4) is 0 Å². The zero-order valence-electron chi connectivity index (χ0n) is 10.7. The Balaban J connectivity index is 2.28. The van der Waals surface area contributed by atoms with E-state index in [0.717, 1.165) is 25.9 Å². The summed E-state index contributed by atoms with van der Waals surface area (Å²) in [5.41, 5.74) is 5.34. The average Bonchev–Trinajstić information content (AvgIpc) is 2.39. The minimum Gasteiger partial charge on any atom is -0.382 e. The molecule has 0 radical (unpaired) electrons. The van der Waals surface area contributed by atoms with Crippen LogP contribution in [-0.2, 0) is 14.3 Å². The van der Waals surface area contributed by atoms with Crippen LogP contribution in [0.2, 0.25) is 0 Å². The van der Waals surface area contributed by atoms with Crippen LogP contribution in [-0.4, -0.2) is 45.4 Å². The molecule has 0 bridgehead atoms. The number of carbonyl (C=O) groups excluding carboxylic acids is 1. The zero-order chi connectivity index (χ0) is 12.6. The lowest BCUT2D eigenvalue weighted by Crippen LogP contribution is -2.49. The molecule has 0 spiro atoms. The second-order valence-electron chi connectivity index (χ2n) is 4.40. The predicted octanol–water partition coefficient (Wildman–Crippen LogP) is 0.285. The normalized spacial score (nSPS) is 18.9. The average molecular weight is 244 g/mol. The van der Waals surface area contributed by atoms with Gasteiger partial charge in [-0.1, -0.05) is 0 Å². The summed E-state index contributed by atoms with van der Waals surface area (Å²) in [4.78, 5) is 12.1. The van der Waals surface area contributed by atoms with Crippen molar-refractivity contribution in [2.24, 2.45) is 11.1 Å². The minimum atomic E-state index is -0.413. The van der Waals surface area contributed by atoms with Gasteiger partial charge in [-0.25, -0.2) is 0 Å². The monoisotopic (exact) mass is 244 g/mol. The van der Waals surface area contributed by atoms with Crippen molar-refractivity contribution < 1.29 is 14.3 Å². The number of amides is 1. The van der Waals surface area contributed by atoms with Gasteiger partial charge in [-0.2, -0.15) is 0 Å². The van der Waals surface area contributed by atoms with Gasteiger partial charge in [-0.3, -0.25) is 4.79 Å². The smallest absolute Gasteiger partial charge is 0.227 e. The highest BCUT2D eigenvalue weighted by Crippen LogP contribution is 2.29. The number of hydrogen-bond acceptors (Lipinski definition) is 4. The highest BCUT2D eigenvalue weighted by molar-refractivity contribution is 5.83. The summed E-state index contributed by atoms with van der Waals surface area (Å²) in [7, 11) is 0. The van der Waals surface area contributed by atoms with Crippen molar-refractivity contribution in [3.05, 3.63) is 0 Å².